The number of aromatic nitrogens is 3. The molecule has 1 atom stereocenters. The predicted octanol–water partition coefficient (Wildman–Crippen LogP) is 3.16. The van der Waals surface area contributed by atoms with Gasteiger partial charge >= 0.3 is 0 Å². The second-order valence-corrected chi connectivity index (χ2v) is 11.2. The zero-order valence-electron chi connectivity index (χ0n) is 17.5. The SMILES string of the molecule is COCCc1nc2c(N)nc3ccccc3c2n1CCCCC1(S(N)(=O)=O)CC=CS1. The van der Waals surface area contributed by atoms with Crippen molar-refractivity contribution >= 4 is 49.5 Å². The first-order valence-corrected chi connectivity index (χ1v) is 12.7. The number of methoxy groups -OCH3 is 1. The lowest BCUT2D eigenvalue weighted by molar-refractivity contribution is 0.199. The Hall–Kier alpha value is -2.14. The topological polar surface area (TPSA) is 126 Å². The van der Waals surface area contributed by atoms with Gasteiger partial charge in [-0.2, -0.15) is 0 Å². The summed E-state index contributed by atoms with van der Waals surface area (Å²) in [6, 6.07) is 7.88. The largest absolute Gasteiger partial charge is 0.384 e. The Morgan fingerprint density at radius 2 is 2.06 bits per heavy atom. The average Bonchev–Trinajstić information content (AvgIpc) is 3.36. The van der Waals surface area contributed by atoms with Crippen LogP contribution in [0.3, 0.4) is 0 Å². The lowest BCUT2D eigenvalue weighted by atomic mass is 10.1. The molecule has 1 aliphatic heterocycles. The van der Waals surface area contributed by atoms with Crippen LogP contribution in [-0.4, -0.2) is 40.7 Å². The van der Waals surface area contributed by atoms with E-state index in [2.05, 4.69) is 9.55 Å². The van der Waals surface area contributed by atoms with Crippen molar-refractivity contribution in [3.8, 4) is 0 Å². The zero-order valence-corrected chi connectivity index (χ0v) is 19.1. The molecule has 31 heavy (non-hydrogen) atoms. The molecule has 8 nitrogen and oxygen atoms in total. The summed E-state index contributed by atoms with van der Waals surface area (Å²) in [5, 5.41) is 8.38. The van der Waals surface area contributed by atoms with Gasteiger partial charge in [-0.15, -0.1) is 11.8 Å². The van der Waals surface area contributed by atoms with E-state index in [0.717, 1.165) is 35.1 Å². The fourth-order valence-electron chi connectivity index (χ4n) is 4.13. The van der Waals surface area contributed by atoms with Gasteiger partial charge in [0.25, 0.3) is 0 Å². The van der Waals surface area contributed by atoms with Crippen molar-refractivity contribution in [2.24, 2.45) is 5.14 Å². The molecule has 4 rings (SSSR count). The summed E-state index contributed by atoms with van der Waals surface area (Å²) in [5.41, 5.74) is 8.72. The van der Waals surface area contributed by atoms with Crippen LogP contribution in [0.2, 0.25) is 0 Å². The molecule has 10 heteroatoms. The number of benzene rings is 1. The molecule has 0 radical (unpaired) electrons. The number of nitrogens with zero attached hydrogens (tertiary/aromatic N) is 3. The van der Waals surface area contributed by atoms with E-state index in [1.165, 1.54) is 11.8 Å². The number of sulfonamides is 1. The summed E-state index contributed by atoms with van der Waals surface area (Å²) in [7, 11) is -1.98. The number of fused-ring (bicyclic) bond motifs is 3. The smallest absolute Gasteiger partial charge is 0.224 e. The Labute approximate surface area is 186 Å². The number of primary sulfonamides is 1. The van der Waals surface area contributed by atoms with Gasteiger partial charge in [0, 0.05) is 25.5 Å². The molecule has 3 heterocycles. The number of nitrogens with two attached hydrogens (primary N) is 2. The molecule has 0 fully saturated rings. The van der Waals surface area contributed by atoms with E-state index >= 15 is 0 Å². The fraction of sp³-hybridized carbons (Fsp3) is 0.429. The maximum atomic E-state index is 12.2. The third kappa shape index (κ3) is 4.17. The standard InChI is InChI=1S/C21H27N5O3S2/c1-29-13-9-17-25-18-19(15-7-2-3-8-16(15)24-20(18)22)26(17)12-5-4-10-21(31(23,27)28)11-6-14-30-21/h2-3,6-8,14H,4-5,9-13H2,1H3,(H2,22,24)(H2,23,27,28). The minimum absolute atomic E-state index is 0.410. The number of hydrogen-bond donors (Lipinski definition) is 2. The quantitative estimate of drug-likeness (QED) is 0.469. The number of hydrogen-bond acceptors (Lipinski definition) is 7. The maximum absolute atomic E-state index is 12.2. The number of allylic oxidation sites excluding steroid dienone is 1. The Balaban J connectivity index is 1.63. The van der Waals surface area contributed by atoms with Gasteiger partial charge in [-0.25, -0.2) is 23.5 Å². The van der Waals surface area contributed by atoms with Crippen LogP contribution in [0.4, 0.5) is 5.82 Å². The van der Waals surface area contributed by atoms with Gasteiger partial charge in [0.05, 0.1) is 17.6 Å². The monoisotopic (exact) mass is 461 g/mol. The Morgan fingerprint density at radius 3 is 2.77 bits per heavy atom. The molecule has 2 aromatic heterocycles. The molecule has 1 unspecified atom stereocenters. The fourth-order valence-corrected chi connectivity index (χ4v) is 6.48. The Kier molecular flexibility index (Phi) is 6.25. The van der Waals surface area contributed by atoms with Gasteiger partial charge in [0.15, 0.2) is 5.82 Å². The maximum Gasteiger partial charge on any atom is 0.224 e. The van der Waals surface area contributed by atoms with Crippen LogP contribution in [0.5, 0.6) is 0 Å². The van der Waals surface area contributed by atoms with Crippen LogP contribution >= 0.6 is 11.8 Å². The van der Waals surface area contributed by atoms with E-state index < -0.39 is 14.1 Å². The number of unbranched alkanes of at least 4 members (excludes halogenated alkanes) is 1. The third-order valence-electron chi connectivity index (χ3n) is 5.73. The molecule has 0 bridgehead atoms. The van der Waals surface area contributed by atoms with Crippen molar-refractivity contribution in [1.29, 1.82) is 0 Å². The van der Waals surface area contributed by atoms with Gasteiger partial charge in [0.2, 0.25) is 10.0 Å². The molecule has 1 aliphatic rings. The number of aryl methyl sites for hydroxylation is 1. The third-order valence-corrected chi connectivity index (χ3v) is 9.26. The molecule has 4 N–H and O–H groups in total. The second kappa shape index (κ2) is 8.78. The number of ether oxygens (including phenoxy) is 1. The normalized spacial score (nSPS) is 19.0. The van der Waals surface area contributed by atoms with Crippen LogP contribution in [-0.2, 0) is 27.7 Å². The number of thioether (sulfide) groups is 1. The summed E-state index contributed by atoms with van der Waals surface area (Å²) < 4.78 is 30.9. The first-order valence-electron chi connectivity index (χ1n) is 10.2. The summed E-state index contributed by atoms with van der Waals surface area (Å²) in [4.78, 5) is 9.28. The van der Waals surface area contributed by atoms with Crippen molar-refractivity contribution in [2.75, 3.05) is 19.5 Å². The van der Waals surface area contributed by atoms with Gasteiger partial charge < -0.3 is 15.0 Å². The zero-order chi connectivity index (χ0) is 22.1. The highest BCUT2D eigenvalue weighted by molar-refractivity contribution is 8.15. The highest BCUT2D eigenvalue weighted by Gasteiger charge is 2.42. The van der Waals surface area contributed by atoms with E-state index in [1.807, 2.05) is 35.7 Å². The van der Waals surface area contributed by atoms with Gasteiger partial charge in [-0.1, -0.05) is 24.3 Å². The molecule has 0 amide bonds. The van der Waals surface area contributed by atoms with Crippen molar-refractivity contribution in [3.63, 3.8) is 0 Å². The van der Waals surface area contributed by atoms with Crippen molar-refractivity contribution < 1.29 is 13.2 Å². The van der Waals surface area contributed by atoms with Gasteiger partial charge in [-0.3, -0.25) is 0 Å². The molecule has 0 saturated carbocycles. The lowest BCUT2D eigenvalue weighted by Gasteiger charge is -2.25. The molecule has 3 aromatic rings. The summed E-state index contributed by atoms with van der Waals surface area (Å²) in [6.07, 6.45) is 5.01. The lowest BCUT2D eigenvalue weighted by Crippen LogP contribution is -2.38. The highest BCUT2D eigenvalue weighted by Crippen LogP contribution is 2.43. The second-order valence-electron chi connectivity index (χ2n) is 7.74. The Morgan fingerprint density at radius 1 is 1.26 bits per heavy atom. The minimum atomic E-state index is -3.65. The predicted molar refractivity (Wildman–Crippen MR) is 126 cm³/mol. The van der Waals surface area contributed by atoms with Crippen molar-refractivity contribution in [1.82, 2.24) is 14.5 Å². The number of nitrogen functional groups attached to an aromatic ring is 1. The van der Waals surface area contributed by atoms with Crippen LogP contribution in [0.15, 0.2) is 35.7 Å². The molecular weight excluding hydrogens is 434 g/mol. The molecule has 0 spiro atoms. The highest BCUT2D eigenvalue weighted by atomic mass is 32.3. The van der Waals surface area contributed by atoms with E-state index in [0.29, 0.717) is 43.7 Å². The molecule has 166 valence electrons. The van der Waals surface area contributed by atoms with Crippen LogP contribution in [0.1, 0.15) is 31.5 Å². The minimum Gasteiger partial charge on any atom is -0.384 e. The van der Waals surface area contributed by atoms with Gasteiger partial charge in [0.1, 0.15) is 15.4 Å². The van der Waals surface area contributed by atoms with Crippen molar-refractivity contribution in [2.45, 2.75) is 42.7 Å². The molecule has 1 aromatic carbocycles. The molecule has 0 saturated heterocycles. The Bertz CT molecular complexity index is 1230. The van der Waals surface area contributed by atoms with Crippen LogP contribution in [0, 0.1) is 0 Å². The first-order chi connectivity index (χ1) is 14.9. The average molecular weight is 462 g/mol. The number of para-hydroxylation sites is 1. The number of rotatable bonds is 9. The first kappa shape index (κ1) is 22.1. The van der Waals surface area contributed by atoms with Crippen LogP contribution in [0.25, 0.3) is 21.9 Å². The van der Waals surface area contributed by atoms with Gasteiger partial charge in [-0.05, 0) is 37.2 Å². The summed E-state index contributed by atoms with van der Waals surface area (Å²) >= 11 is 1.31. The van der Waals surface area contributed by atoms with Crippen LogP contribution < -0.4 is 10.9 Å². The molecular formula is C21H27N5O3S2. The summed E-state index contributed by atoms with van der Waals surface area (Å²) in [5.74, 6) is 1.30. The molecule has 0 aliphatic carbocycles. The van der Waals surface area contributed by atoms with E-state index in [9.17, 15) is 8.42 Å². The summed E-state index contributed by atoms with van der Waals surface area (Å²) in [6.45, 7) is 1.24. The number of imidazole rings is 1. The van der Waals surface area contributed by atoms with E-state index in [1.54, 1.807) is 7.11 Å². The number of pyridine rings is 1. The van der Waals surface area contributed by atoms with E-state index in [4.69, 9.17) is 20.6 Å². The van der Waals surface area contributed by atoms with E-state index in [-0.39, 0.29) is 0 Å². The van der Waals surface area contributed by atoms with Crippen molar-refractivity contribution in [3.05, 3.63) is 41.6 Å². The number of anilines is 1.